The smallest absolute Gasteiger partial charge is 0.219 e. The summed E-state index contributed by atoms with van der Waals surface area (Å²) in [6.45, 7) is 7.14. The average molecular weight is 514 g/mol. The Labute approximate surface area is 223 Å². The number of nitrogens with one attached hydrogen (secondary N) is 1. The summed E-state index contributed by atoms with van der Waals surface area (Å²) in [6.07, 6.45) is 25.3. The zero-order valence-corrected chi connectivity index (χ0v) is 25.0. The Morgan fingerprint density at radius 1 is 0.629 bits per heavy atom. The van der Waals surface area contributed by atoms with E-state index >= 15 is 0 Å². The third-order valence-electron chi connectivity index (χ3n) is 6.98. The molecule has 0 unspecified atom stereocenters. The summed E-state index contributed by atoms with van der Waals surface area (Å²) in [5.41, 5.74) is 0. The standard InChI is InChI=1S/C30H60N2O2S/c1-5-6-7-8-9-10-12-15-18-21-26-32(3,4)27-23-25-31-30(34)24-20-17-14-11-13-16-19-22-28-35-29(2)33/h5-28H2,1-4H3/p+1. The number of amides is 1. The van der Waals surface area contributed by atoms with Crippen LogP contribution >= 0.6 is 11.8 Å². The lowest BCUT2D eigenvalue weighted by Gasteiger charge is -2.30. The van der Waals surface area contributed by atoms with Gasteiger partial charge >= 0.3 is 0 Å². The molecule has 0 bridgehead atoms. The van der Waals surface area contributed by atoms with Gasteiger partial charge in [0.05, 0.1) is 27.2 Å². The summed E-state index contributed by atoms with van der Waals surface area (Å²) in [5, 5.41) is 3.36. The van der Waals surface area contributed by atoms with Gasteiger partial charge in [-0.25, -0.2) is 0 Å². The van der Waals surface area contributed by atoms with E-state index in [9.17, 15) is 9.59 Å². The molecule has 0 heterocycles. The molecule has 35 heavy (non-hydrogen) atoms. The summed E-state index contributed by atoms with van der Waals surface area (Å²) in [5.74, 6) is 1.20. The van der Waals surface area contributed by atoms with Crippen molar-refractivity contribution >= 4 is 22.8 Å². The molecule has 0 aromatic heterocycles. The average Bonchev–Trinajstić information content (AvgIpc) is 2.81. The maximum absolute atomic E-state index is 12.1. The van der Waals surface area contributed by atoms with Gasteiger partial charge < -0.3 is 9.80 Å². The molecule has 0 rings (SSSR count). The van der Waals surface area contributed by atoms with E-state index in [1.54, 1.807) is 6.92 Å². The Kier molecular flexibility index (Phi) is 24.7. The topological polar surface area (TPSA) is 46.2 Å². The summed E-state index contributed by atoms with van der Waals surface area (Å²) >= 11 is 1.45. The fourth-order valence-electron chi connectivity index (χ4n) is 4.63. The van der Waals surface area contributed by atoms with Crippen molar-refractivity contribution in [3.8, 4) is 0 Å². The molecular formula is C30H61N2O2S+. The molecule has 5 heteroatoms. The number of hydrogen-bond donors (Lipinski definition) is 1. The van der Waals surface area contributed by atoms with E-state index in [-0.39, 0.29) is 11.0 Å². The highest BCUT2D eigenvalue weighted by molar-refractivity contribution is 8.13. The Morgan fingerprint density at radius 2 is 1.09 bits per heavy atom. The van der Waals surface area contributed by atoms with E-state index in [2.05, 4.69) is 26.3 Å². The summed E-state index contributed by atoms with van der Waals surface area (Å²) in [4.78, 5) is 22.9. The Balaban J connectivity index is 3.43. The van der Waals surface area contributed by atoms with Crippen LogP contribution in [0.15, 0.2) is 0 Å². The number of nitrogens with zero attached hydrogens (tertiary/aromatic N) is 1. The number of carbonyl (C=O) groups is 2. The predicted molar refractivity (Wildman–Crippen MR) is 156 cm³/mol. The van der Waals surface area contributed by atoms with Gasteiger partial charge in [0.15, 0.2) is 5.12 Å². The Bertz CT molecular complexity index is 497. The minimum atomic E-state index is 0.230. The maximum Gasteiger partial charge on any atom is 0.219 e. The van der Waals surface area contributed by atoms with E-state index in [1.807, 2.05) is 0 Å². The SMILES string of the molecule is CCCCCCCCCCCC[N+](C)(C)CCCNC(=O)CCCCCCCCCCSC(C)=O. The number of unbranched alkanes of at least 4 members (excludes halogenated alkanes) is 16. The first-order chi connectivity index (χ1) is 16.9. The van der Waals surface area contributed by atoms with Crippen LogP contribution in [0, 0.1) is 0 Å². The van der Waals surface area contributed by atoms with Gasteiger partial charge in [-0.15, -0.1) is 0 Å². The predicted octanol–water partition coefficient (Wildman–Crippen LogP) is 8.28. The first kappa shape index (κ1) is 34.5. The van der Waals surface area contributed by atoms with Gasteiger partial charge in [0.1, 0.15) is 0 Å². The molecule has 0 saturated heterocycles. The summed E-state index contributed by atoms with van der Waals surface area (Å²) < 4.78 is 1.07. The van der Waals surface area contributed by atoms with E-state index < -0.39 is 0 Å². The highest BCUT2D eigenvalue weighted by Gasteiger charge is 2.14. The largest absolute Gasteiger partial charge is 0.356 e. The molecular weight excluding hydrogens is 452 g/mol. The molecule has 0 radical (unpaired) electrons. The zero-order valence-electron chi connectivity index (χ0n) is 24.1. The molecule has 0 spiro atoms. The quantitative estimate of drug-likeness (QED) is 0.0934. The lowest BCUT2D eigenvalue weighted by Crippen LogP contribution is -2.42. The second kappa shape index (κ2) is 25.1. The van der Waals surface area contributed by atoms with Crippen molar-refractivity contribution in [2.75, 3.05) is 39.5 Å². The Hall–Kier alpha value is -0.550. The van der Waals surface area contributed by atoms with Crippen LogP contribution in [0.4, 0.5) is 0 Å². The minimum Gasteiger partial charge on any atom is -0.356 e. The maximum atomic E-state index is 12.1. The fourth-order valence-corrected chi connectivity index (χ4v) is 5.26. The molecule has 0 aliphatic heterocycles. The molecule has 0 saturated carbocycles. The van der Waals surface area contributed by atoms with Crippen molar-refractivity contribution in [2.24, 2.45) is 0 Å². The van der Waals surface area contributed by atoms with E-state index in [4.69, 9.17) is 0 Å². The van der Waals surface area contributed by atoms with Gasteiger partial charge in [-0.2, -0.15) is 0 Å². The van der Waals surface area contributed by atoms with Crippen LogP contribution in [-0.4, -0.2) is 55.0 Å². The molecule has 0 aliphatic rings. The minimum absolute atomic E-state index is 0.230. The molecule has 0 atom stereocenters. The van der Waals surface area contributed by atoms with Crippen LogP contribution in [0.25, 0.3) is 0 Å². The van der Waals surface area contributed by atoms with Gasteiger partial charge in [0.25, 0.3) is 0 Å². The second-order valence-corrected chi connectivity index (χ2v) is 12.5. The number of thioether (sulfide) groups is 1. The van der Waals surface area contributed by atoms with Crippen LogP contribution in [0.5, 0.6) is 0 Å². The van der Waals surface area contributed by atoms with E-state index in [1.165, 1.54) is 115 Å². The summed E-state index contributed by atoms with van der Waals surface area (Å²) in [6, 6.07) is 0. The van der Waals surface area contributed by atoms with Gasteiger partial charge in [0.2, 0.25) is 5.91 Å². The molecule has 0 aliphatic carbocycles. The normalized spacial score (nSPS) is 11.7. The fraction of sp³-hybridized carbons (Fsp3) is 0.933. The lowest BCUT2D eigenvalue weighted by atomic mass is 10.1. The molecule has 0 fully saturated rings. The number of carbonyl (C=O) groups excluding carboxylic acids is 2. The molecule has 0 aromatic carbocycles. The van der Waals surface area contributed by atoms with Crippen molar-refractivity contribution in [3.05, 3.63) is 0 Å². The van der Waals surface area contributed by atoms with Crippen molar-refractivity contribution in [1.29, 1.82) is 0 Å². The van der Waals surface area contributed by atoms with Gasteiger partial charge in [-0.1, -0.05) is 109 Å². The molecule has 1 amide bonds. The third kappa shape index (κ3) is 27.9. The number of quaternary nitrogens is 1. The molecule has 4 nitrogen and oxygen atoms in total. The Morgan fingerprint density at radius 3 is 1.63 bits per heavy atom. The van der Waals surface area contributed by atoms with Crippen LogP contribution < -0.4 is 5.32 Å². The van der Waals surface area contributed by atoms with Crippen LogP contribution in [0.3, 0.4) is 0 Å². The van der Waals surface area contributed by atoms with Crippen LogP contribution in [-0.2, 0) is 9.59 Å². The monoisotopic (exact) mass is 513 g/mol. The van der Waals surface area contributed by atoms with Crippen molar-refractivity contribution in [2.45, 2.75) is 142 Å². The number of rotatable bonds is 26. The highest BCUT2D eigenvalue weighted by atomic mass is 32.2. The second-order valence-electron chi connectivity index (χ2n) is 11.2. The van der Waals surface area contributed by atoms with E-state index in [0.29, 0.717) is 6.42 Å². The van der Waals surface area contributed by atoms with Gasteiger partial charge in [-0.05, 0) is 25.7 Å². The lowest BCUT2D eigenvalue weighted by molar-refractivity contribution is -0.890. The van der Waals surface area contributed by atoms with Crippen LogP contribution in [0.1, 0.15) is 142 Å². The van der Waals surface area contributed by atoms with Gasteiger partial charge in [0, 0.05) is 32.1 Å². The summed E-state index contributed by atoms with van der Waals surface area (Å²) in [7, 11) is 4.67. The molecule has 1 N–H and O–H groups in total. The molecule has 0 aromatic rings. The van der Waals surface area contributed by atoms with Crippen molar-refractivity contribution in [3.63, 3.8) is 0 Å². The van der Waals surface area contributed by atoms with Crippen molar-refractivity contribution in [1.82, 2.24) is 5.32 Å². The highest BCUT2D eigenvalue weighted by Crippen LogP contribution is 2.13. The molecule has 208 valence electrons. The van der Waals surface area contributed by atoms with E-state index in [0.717, 1.165) is 49.0 Å². The third-order valence-corrected chi connectivity index (χ3v) is 7.88. The first-order valence-electron chi connectivity index (χ1n) is 15.1. The van der Waals surface area contributed by atoms with Crippen molar-refractivity contribution < 1.29 is 14.1 Å². The van der Waals surface area contributed by atoms with Crippen LogP contribution in [0.2, 0.25) is 0 Å². The number of hydrogen-bond acceptors (Lipinski definition) is 3. The zero-order chi connectivity index (χ0) is 26.0. The van der Waals surface area contributed by atoms with Gasteiger partial charge in [-0.3, -0.25) is 9.59 Å². The first-order valence-corrected chi connectivity index (χ1v) is 16.1.